The smallest absolute Gasteiger partial charge is 0.370 e. The van der Waals surface area contributed by atoms with Gasteiger partial charge in [-0.2, -0.15) is 18.2 Å². The van der Waals surface area contributed by atoms with Crippen molar-refractivity contribution in [1.82, 2.24) is 9.97 Å². The lowest BCUT2D eigenvalue weighted by atomic mass is 10.2. The molecule has 102 valence electrons. The molecule has 0 unspecified atom stereocenters. The van der Waals surface area contributed by atoms with Gasteiger partial charge in [0.2, 0.25) is 5.95 Å². The predicted molar refractivity (Wildman–Crippen MR) is 64.8 cm³/mol. The highest BCUT2D eigenvalue weighted by molar-refractivity contribution is 5.40. The van der Waals surface area contributed by atoms with Gasteiger partial charge in [0.05, 0.1) is 0 Å². The monoisotopic (exact) mass is 262 g/mol. The first-order chi connectivity index (χ1) is 8.38. The van der Waals surface area contributed by atoms with Crippen LogP contribution in [0.2, 0.25) is 0 Å². The van der Waals surface area contributed by atoms with Crippen LogP contribution in [0.4, 0.5) is 24.9 Å². The fourth-order valence-electron chi connectivity index (χ4n) is 1.33. The molecule has 18 heavy (non-hydrogen) atoms. The van der Waals surface area contributed by atoms with E-state index in [4.69, 9.17) is 0 Å². The Bertz CT molecular complexity index is 366. The van der Waals surface area contributed by atoms with Crippen LogP contribution in [0, 0.1) is 0 Å². The molecule has 0 amide bonds. The highest BCUT2D eigenvalue weighted by Gasteiger charge is 2.25. The minimum Gasteiger partial charge on any atom is -0.370 e. The van der Waals surface area contributed by atoms with E-state index < -0.39 is 12.6 Å². The summed E-state index contributed by atoms with van der Waals surface area (Å²) in [7, 11) is 3.64. The van der Waals surface area contributed by atoms with Crippen molar-refractivity contribution < 1.29 is 13.2 Å². The van der Waals surface area contributed by atoms with Gasteiger partial charge in [-0.05, 0) is 18.9 Å². The highest BCUT2D eigenvalue weighted by atomic mass is 19.4. The zero-order valence-electron chi connectivity index (χ0n) is 10.5. The van der Waals surface area contributed by atoms with Crippen LogP contribution in [-0.4, -0.2) is 36.8 Å². The summed E-state index contributed by atoms with van der Waals surface area (Å²) in [5.41, 5.74) is 0. The minimum atomic E-state index is -4.06. The molecule has 0 radical (unpaired) electrons. The predicted octanol–water partition coefficient (Wildman–Crippen LogP) is 2.69. The van der Waals surface area contributed by atoms with Crippen LogP contribution >= 0.6 is 0 Å². The lowest BCUT2D eigenvalue weighted by Gasteiger charge is -2.11. The Morgan fingerprint density at radius 1 is 1.28 bits per heavy atom. The number of halogens is 3. The first-order valence-corrected chi connectivity index (χ1v) is 5.69. The largest absolute Gasteiger partial charge is 0.389 e. The van der Waals surface area contributed by atoms with Gasteiger partial charge in [0.15, 0.2) is 0 Å². The normalized spacial score (nSPS) is 11.4. The Kier molecular flexibility index (Phi) is 5.18. The number of nitrogens with zero attached hydrogens (tertiary/aromatic N) is 3. The number of hydrogen-bond acceptors (Lipinski definition) is 4. The molecule has 1 heterocycles. The van der Waals surface area contributed by atoms with Crippen molar-refractivity contribution >= 4 is 11.8 Å². The van der Waals surface area contributed by atoms with Gasteiger partial charge in [0, 0.05) is 33.3 Å². The minimum absolute atomic E-state index is 0.127. The van der Waals surface area contributed by atoms with Crippen molar-refractivity contribution in [2.24, 2.45) is 0 Å². The molecular weight excluding hydrogens is 245 g/mol. The fraction of sp³-hybridized carbons (Fsp3) is 0.636. The van der Waals surface area contributed by atoms with Crippen LogP contribution in [0.25, 0.3) is 0 Å². The number of unbranched alkanes of at least 4 members (excludes halogenated alkanes) is 1. The molecule has 7 heteroatoms. The number of anilines is 2. The van der Waals surface area contributed by atoms with E-state index in [2.05, 4.69) is 15.3 Å². The van der Waals surface area contributed by atoms with Gasteiger partial charge in [-0.15, -0.1) is 0 Å². The summed E-state index contributed by atoms with van der Waals surface area (Å²) >= 11 is 0. The van der Waals surface area contributed by atoms with Gasteiger partial charge in [-0.25, -0.2) is 4.98 Å². The number of rotatable bonds is 6. The van der Waals surface area contributed by atoms with Crippen LogP contribution in [0.3, 0.4) is 0 Å². The third-order valence-electron chi connectivity index (χ3n) is 2.24. The van der Waals surface area contributed by atoms with E-state index in [1.807, 2.05) is 14.1 Å². The molecule has 0 saturated heterocycles. The molecule has 0 aliphatic rings. The van der Waals surface area contributed by atoms with E-state index in [0.29, 0.717) is 24.7 Å². The molecule has 1 rings (SSSR count). The van der Waals surface area contributed by atoms with Crippen molar-refractivity contribution in [3.05, 3.63) is 12.3 Å². The van der Waals surface area contributed by atoms with Crippen LogP contribution in [-0.2, 0) is 0 Å². The van der Waals surface area contributed by atoms with E-state index in [1.165, 1.54) is 0 Å². The van der Waals surface area contributed by atoms with Crippen LogP contribution in [0.5, 0.6) is 0 Å². The van der Waals surface area contributed by atoms with Gasteiger partial charge in [-0.1, -0.05) is 0 Å². The molecule has 0 spiro atoms. The molecule has 0 aromatic carbocycles. The summed E-state index contributed by atoms with van der Waals surface area (Å²) in [6.07, 6.45) is -2.60. The number of alkyl halides is 3. The Morgan fingerprint density at radius 3 is 2.61 bits per heavy atom. The third-order valence-corrected chi connectivity index (χ3v) is 2.24. The van der Waals surface area contributed by atoms with E-state index in [1.54, 1.807) is 17.2 Å². The molecular formula is C11H17F3N4. The molecule has 0 aliphatic carbocycles. The van der Waals surface area contributed by atoms with Crippen molar-refractivity contribution in [3.8, 4) is 0 Å². The number of hydrogen-bond donors (Lipinski definition) is 1. The van der Waals surface area contributed by atoms with Crippen molar-refractivity contribution in [1.29, 1.82) is 0 Å². The summed E-state index contributed by atoms with van der Waals surface area (Å²) in [5, 5.41) is 2.98. The van der Waals surface area contributed by atoms with Crippen LogP contribution < -0.4 is 10.2 Å². The van der Waals surface area contributed by atoms with E-state index in [9.17, 15) is 13.2 Å². The molecule has 0 atom stereocenters. The van der Waals surface area contributed by atoms with Crippen molar-refractivity contribution in [2.75, 3.05) is 30.9 Å². The van der Waals surface area contributed by atoms with Crippen LogP contribution in [0.1, 0.15) is 19.3 Å². The first-order valence-electron chi connectivity index (χ1n) is 5.69. The fourth-order valence-corrected chi connectivity index (χ4v) is 1.33. The van der Waals surface area contributed by atoms with E-state index >= 15 is 0 Å². The molecule has 0 fully saturated rings. The van der Waals surface area contributed by atoms with Crippen molar-refractivity contribution in [3.63, 3.8) is 0 Å². The summed E-state index contributed by atoms with van der Waals surface area (Å²) in [4.78, 5) is 10.0. The zero-order chi connectivity index (χ0) is 13.6. The molecule has 1 aromatic heterocycles. The van der Waals surface area contributed by atoms with Gasteiger partial charge >= 0.3 is 6.18 Å². The van der Waals surface area contributed by atoms with E-state index in [-0.39, 0.29) is 6.42 Å². The molecule has 0 saturated carbocycles. The summed E-state index contributed by atoms with van der Waals surface area (Å²) in [6.45, 7) is 0.472. The third kappa shape index (κ3) is 5.70. The lowest BCUT2D eigenvalue weighted by molar-refractivity contribution is -0.135. The summed E-state index contributed by atoms with van der Waals surface area (Å²) in [5.74, 6) is 1.19. The molecule has 4 nitrogen and oxygen atoms in total. The van der Waals surface area contributed by atoms with E-state index in [0.717, 1.165) is 0 Å². The second-order valence-electron chi connectivity index (χ2n) is 4.14. The topological polar surface area (TPSA) is 41.1 Å². The number of nitrogens with one attached hydrogen (secondary N) is 1. The average Bonchev–Trinajstić information content (AvgIpc) is 2.27. The SMILES string of the molecule is CN(C)c1nccc(NCCCCC(F)(F)F)n1. The Hall–Kier alpha value is -1.53. The quantitative estimate of drug-likeness (QED) is 0.800. The summed E-state index contributed by atoms with van der Waals surface area (Å²) < 4.78 is 35.7. The van der Waals surface area contributed by atoms with Crippen molar-refractivity contribution in [2.45, 2.75) is 25.4 Å². The highest BCUT2D eigenvalue weighted by Crippen LogP contribution is 2.22. The standard InChI is InChI=1S/C11H17F3N4/c1-18(2)10-16-8-5-9(17-10)15-7-4-3-6-11(12,13)14/h5,8H,3-4,6-7H2,1-2H3,(H,15,16,17). The molecule has 1 aromatic rings. The Labute approximate surface area is 104 Å². The second kappa shape index (κ2) is 6.42. The maximum atomic E-state index is 11.9. The molecule has 0 bridgehead atoms. The number of aromatic nitrogens is 2. The second-order valence-corrected chi connectivity index (χ2v) is 4.14. The van der Waals surface area contributed by atoms with Gasteiger partial charge in [-0.3, -0.25) is 0 Å². The molecule has 0 aliphatic heterocycles. The van der Waals surface area contributed by atoms with Crippen LogP contribution in [0.15, 0.2) is 12.3 Å². The average molecular weight is 262 g/mol. The Balaban J connectivity index is 2.29. The van der Waals surface area contributed by atoms with Gasteiger partial charge < -0.3 is 10.2 Å². The molecule has 1 N–H and O–H groups in total. The Morgan fingerprint density at radius 2 is 2.00 bits per heavy atom. The maximum Gasteiger partial charge on any atom is 0.389 e. The first kappa shape index (κ1) is 14.5. The van der Waals surface area contributed by atoms with Gasteiger partial charge in [0.1, 0.15) is 5.82 Å². The van der Waals surface area contributed by atoms with Gasteiger partial charge in [0.25, 0.3) is 0 Å². The zero-order valence-corrected chi connectivity index (χ0v) is 10.5. The lowest BCUT2D eigenvalue weighted by Crippen LogP contribution is -2.14. The maximum absolute atomic E-state index is 11.9. The summed E-state index contributed by atoms with van der Waals surface area (Å²) in [6, 6.07) is 1.69.